The van der Waals surface area contributed by atoms with E-state index in [9.17, 15) is 43.2 Å². The zero-order valence-electron chi connectivity index (χ0n) is 64.1. The third-order valence-electron chi connectivity index (χ3n) is 18.5. The van der Waals surface area contributed by atoms with E-state index in [0.717, 1.165) is 102 Å². The fraction of sp³-hybridized carbons (Fsp3) is 0.949. The number of aliphatic hydroxyl groups excluding tert-OH is 1. The molecule has 0 aliphatic carbocycles. The number of phosphoric ester groups is 2. The molecule has 0 rings (SSSR count). The summed E-state index contributed by atoms with van der Waals surface area (Å²) in [7, 11) is -9.91. The second-order valence-electron chi connectivity index (χ2n) is 29.4. The van der Waals surface area contributed by atoms with Crippen LogP contribution in [0.2, 0.25) is 0 Å². The van der Waals surface area contributed by atoms with Crippen LogP contribution in [-0.4, -0.2) is 96.7 Å². The van der Waals surface area contributed by atoms with Crippen LogP contribution in [0.15, 0.2) is 0 Å². The van der Waals surface area contributed by atoms with Crippen LogP contribution in [0.5, 0.6) is 0 Å². The van der Waals surface area contributed by atoms with Gasteiger partial charge in [-0.2, -0.15) is 0 Å². The van der Waals surface area contributed by atoms with Crippen molar-refractivity contribution in [2.45, 2.75) is 432 Å². The van der Waals surface area contributed by atoms with Crippen molar-refractivity contribution < 1.29 is 80.2 Å². The second kappa shape index (κ2) is 70.7. The summed E-state index contributed by atoms with van der Waals surface area (Å²) < 4.78 is 68.6. The van der Waals surface area contributed by atoms with Gasteiger partial charge >= 0.3 is 39.5 Å². The van der Waals surface area contributed by atoms with Crippen molar-refractivity contribution in [1.29, 1.82) is 0 Å². The first-order valence-electron chi connectivity index (χ1n) is 41.0. The smallest absolute Gasteiger partial charge is 0.462 e. The molecule has 0 spiro atoms. The maximum absolute atomic E-state index is 13.1. The van der Waals surface area contributed by atoms with E-state index in [1.165, 1.54) is 225 Å². The molecule has 3 N–H and O–H groups in total. The summed E-state index contributed by atoms with van der Waals surface area (Å²) >= 11 is 0. The third-order valence-corrected chi connectivity index (χ3v) is 20.4. The summed E-state index contributed by atoms with van der Waals surface area (Å²) in [6, 6.07) is 0. The van der Waals surface area contributed by atoms with Crippen LogP contribution < -0.4 is 0 Å². The normalized spacial score (nSPS) is 13.9. The Morgan fingerprint density at radius 3 is 0.694 bits per heavy atom. The molecule has 0 aromatic heterocycles. The third kappa shape index (κ3) is 72.4. The van der Waals surface area contributed by atoms with Gasteiger partial charge in [0.25, 0.3) is 0 Å². The van der Waals surface area contributed by atoms with E-state index in [-0.39, 0.29) is 25.7 Å². The first-order valence-corrected chi connectivity index (χ1v) is 44.0. The predicted molar refractivity (Wildman–Crippen MR) is 400 cm³/mol. The van der Waals surface area contributed by atoms with E-state index in [2.05, 4.69) is 41.5 Å². The van der Waals surface area contributed by atoms with Gasteiger partial charge in [0.2, 0.25) is 0 Å². The minimum Gasteiger partial charge on any atom is -0.462 e. The zero-order chi connectivity index (χ0) is 72.1. The van der Waals surface area contributed by atoms with E-state index >= 15 is 0 Å². The summed E-state index contributed by atoms with van der Waals surface area (Å²) in [5.41, 5.74) is 0. The fourth-order valence-electron chi connectivity index (χ4n) is 12.2. The maximum atomic E-state index is 13.1. The molecule has 17 nitrogen and oxygen atoms in total. The van der Waals surface area contributed by atoms with Gasteiger partial charge in [-0.3, -0.25) is 37.3 Å². The van der Waals surface area contributed by atoms with Gasteiger partial charge in [0.05, 0.1) is 26.4 Å². The molecule has 0 radical (unpaired) electrons. The summed E-state index contributed by atoms with van der Waals surface area (Å²) in [5.74, 6) is -0.693. The molecule has 0 bridgehead atoms. The molecule has 0 saturated heterocycles. The molecular formula is C79H154O17P2. The number of rotatable bonds is 78. The molecule has 0 aliphatic heterocycles. The van der Waals surface area contributed by atoms with Crippen LogP contribution in [-0.2, 0) is 65.4 Å². The monoisotopic (exact) mass is 1440 g/mol. The highest BCUT2D eigenvalue weighted by Gasteiger charge is 2.30. The van der Waals surface area contributed by atoms with E-state index < -0.39 is 97.5 Å². The number of hydrogen-bond donors (Lipinski definition) is 3. The van der Waals surface area contributed by atoms with Crippen LogP contribution in [0.3, 0.4) is 0 Å². The van der Waals surface area contributed by atoms with E-state index in [1.54, 1.807) is 0 Å². The molecule has 582 valence electrons. The molecule has 0 saturated carbocycles. The molecule has 0 aromatic rings. The first-order chi connectivity index (χ1) is 47.4. The molecule has 0 aliphatic rings. The number of ether oxygens (including phenoxy) is 4. The van der Waals surface area contributed by atoms with Crippen molar-refractivity contribution in [1.82, 2.24) is 0 Å². The minimum absolute atomic E-state index is 0.104. The second-order valence-corrected chi connectivity index (χ2v) is 32.3. The number of esters is 4. The number of unbranched alkanes of at least 4 members (excludes halogenated alkanes) is 48. The first kappa shape index (κ1) is 96.1. The lowest BCUT2D eigenvalue weighted by Crippen LogP contribution is -2.30. The van der Waals surface area contributed by atoms with Crippen LogP contribution >= 0.6 is 15.6 Å². The van der Waals surface area contributed by atoms with Gasteiger partial charge in [-0.05, 0) is 37.5 Å². The number of aliphatic hydroxyl groups is 1. The number of phosphoric acid groups is 2. The lowest BCUT2D eigenvalue weighted by atomic mass is 10.0. The molecular weight excluding hydrogens is 1280 g/mol. The summed E-state index contributed by atoms with van der Waals surface area (Å²) in [4.78, 5) is 72.9. The molecule has 2 unspecified atom stereocenters. The Morgan fingerprint density at radius 1 is 0.276 bits per heavy atom. The molecule has 0 amide bonds. The van der Waals surface area contributed by atoms with Crippen molar-refractivity contribution in [3.8, 4) is 0 Å². The predicted octanol–water partition coefficient (Wildman–Crippen LogP) is 23.5. The lowest BCUT2D eigenvalue weighted by Gasteiger charge is -2.21. The van der Waals surface area contributed by atoms with E-state index in [0.29, 0.717) is 31.6 Å². The average molecular weight is 1440 g/mol. The van der Waals surface area contributed by atoms with Gasteiger partial charge in [0, 0.05) is 25.7 Å². The van der Waals surface area contributed by atoms with Gasteiger partial charge < -0.3 is 33.8 Å². The molecule has 0 aromatic carbocycles. The van der Waals surface area contributed by atoms with Crippen LogP contribution in [0, 0.1) is 11.8 Å². The number of carbonyl (C=O) groups is 4. The molecule has 98 heavy (non-hydrogen) atoms. The number of hydrogen-bond acceptors (Lipinski definition) is 15. The van der Waals surface area contributed by atoms with Gasteiger partial charge in [0.15, 0.2) is 12.2 Å². The topological polar surface area (TPSA) is 237 Å². The summed E-state index contributed by atoms with van der Waals surface area (Å²) in [5, 5.41) is 10.6. The summed E-state index contributed by atoms with van der Waals surface area (Å²) in [6.45, 7) is 9.51. The Bertz CT molecular complexity index is 1890. The van der Waals surface area contributed by atoms with E-state index in [1.807, 2.05) is 0 Å². The number of carbonyl (C=O) groups excluding carboxylic acids is 4. The molecule has 0 fully saturated rings. The Morgan fingerprint density at radius 2 is 0.469 bits per heavy atom. The zero-order valence-corrected chi connectivity index (χ0v) is 65.9. The van der Waals surface area contributed by atoms with Crippen molar-refractivity contribution in [2.75, 3.05) is 39.6 Å². The highest BCUT2D eigenvalue weighted by molar-refractivity contribution is 7.47. The standard InChI is InChI=1S/C79H154O17P2/c1-7-9-11-13-15-17-19-21-23-24-25-26-27-28-29-31-33-35-37-44-51-57-63-78(83)95-74(67-89-76(81)61-55-49-43-36-34-32-30-22-20-18-16-14-12-10-8-2)69-93-97(85,86)91-65-73(80)66-92-98(87,88)94-70-75(68-90-77(82)62-56-50-46-40-42-48-54-60-72(5)6)96-79(84)64-58-52-45-39-38-41-47-53-59-71(3)4/h71-75,80H,7-70H2,1-6H3,(H,85,86)(H,87,88)/t73-,74-,75-/m1/s1. The maximum Gasteiger partial charge on any atom is 0.472 e. The van der Waals surface area contributed by atoms with Crippen molar-refractivity contribution in [3.63, 3.8) is 0 Å². The minimum atomic E-state index is -4.96. The van der Waals surface area contributed by atoms with Crippen LogP contribution in [0.4, 0.5) is 0 Å². The van der Waals surface area contributed by atoms with Gasteiger partial charge in [-0.25, -0.2) is 9.13 Å². The largest absolute Gasteiger partial charge is 0.472 e. The van der Waals surface area contributed by atoms with Crippen molar-refractivity contribution >= 4 is 39.5 Å². The van der Waals surface area contributed by atoms with E-state index in [4.69, 9.17) is 37.0 Å². The highest BCUT2D eigenvalue weighted by Crippen LogP contribution is 2.45. The molecule has 5 atom stereocenters. The van der Waals surface area contributed by atoms with Gasteiger partial charge in [-0.15, -0.1) is 0 Å². The lowest BCUT2D eigenvalue weighted by molar-refractivity contribution is -0.161. The van der Waals surface area contributed by atoms with Crippen molar-refractivity contribution in [3.05, 3.63) is 0 Å². The SMILES string of the molecule is CCCCCCCCCCCCCCCCCCCCCCCCC(=O)O[C@H](COC(=O)CCCCCCCCCCCCCCCCC)COP(=O)(O)OC[C@@H](O)COP(=O)(O)OC[C@@H](COC(=O)CCCCCCCCCC(C)C)OC(=O)CCCCCCCCCCC(C)C. The molecule has 19 heteroatoms. The quantitative estimate of drug-likeness (QED) is 0.0222. The Labute approximate surface area is 600 Å². The highest BCUT2D eigenvalue weighted by atomic mass is 31.2. The fourth-order valence-corrected chi connectivity index (χ4v) is 13.8. The van der Waals surface area contributed by atoms with Crippen molar-refractivity contribution in [2.24, 2.45) is 11.8 Å². The Balaban J connectivity index is 5.19. The Kier molecular flexibility index (Phi) is 69.3. The average Bonchev–Trinajstić information content (AvgIpc) is 2.16. The summed E-state index contributed by atoms with van der Waals surface area (Å²) in [6.07, 6.45) is 60.0. The molecule has 0 heterocycles. The Hall–Kier alpha value is -1.94. The van der Waals surface area contributed by atoms with Gasteiger partial charge in [-0.1, -0.05) is 363 Å². The van der Waals surface area contributed by atoms with Crippen LogP contribution in [0.1, 0.15) is 414 Å². The van der Waals surface area contributed by atoms with Gasteiger partial charge in [0.1, 0.15) is 19.3 Å². The van der Waals surface area contributed by atoms with Crippen LogP contribution in [0.25, 0.3) is 0 Å².